The van der Waals surface area contributed by atoms with Crippen LogP contribution in [0.2, 0.25) is 0 Å². The molecule has 0 aliphatic heterocycles. The number of hydrogen-bond acceptors (Lipinski definition) is 5. The fourth-order valence-corrected chi connectivity index (χ4v) is 1.98. The lowest BCUT2D eigenvalue weighted by Crippen LogP contribution is -2.23. The second-order valence-electron chi connectivity index (χ2n) is 4.72. The first kappa shape index (κ1) is 14.1. The number of benzene rings is 1. The molecule has 6 heteroatoms. The molecule has 0 bridgehead atoms. The average Bonchev–Trinajstić information content (AvgIpc) is 3.23. The molecule has 3 rings (SSSR count). The van der Waals surface area contributed by atoms with Gasteiger partial charge >= 0.3 is 0 Å². The van der Waals surface area contributed by atoms with Crippen molar-refractivity contribution >= 4 is 5.91 Å². The maximum Gasteiger partial charge on any atom is 0.247 e. The van der Waals surface area contributed by atoms with Crippen molar-refractivity contribution in [2.45, 2.75) is 19.4 Å². The van der Waals surface area contributed by atoms with Crippen LogP contribution in [0, 0.1) is 0 Å². The summed E-state index contributed by atoms with van der Waals surface area (Å²) < 4.78 is 10.7. The molecule has 1 aromatic carbocycles. The zero-order valence-electron chi connectivity index (χ0n) is 11.9. The Hall–Kier alpha value is -2.89. The van der Waals surface area contributed by atoms with Gasteiger partial charge < -0.3 is 14.2 Å². The normalized spacial score (nSPS) is 10.5. The van der Waals surface area contributed by atoms with Gasteiger partial charge in [0.2, 0.25) is 17.7 Å². The average molecular weight is 297 g/mol. The number of hydrogen-bond donors (Lipinski definition) is 1. The third-order valence-electron chi connectivity index (χ3n) is 3.10. The van der Waals surface area contributed by atoms with Crippen LogP contribution in [0.25, 0.3) is 11.5 Å². The summed E-state index contributed by atoms with van der Waals surface area (Å²) in [6.07, 6.45) is 2.52. The summed E-state index contributed by atoms with van der Waals surface area (Å²) in [5.41, 5.74) is 0.852. The number of amides is 1. The molecule has 1 amide bonds. The second-order valence-corrected chi connectivity index (χ2v) is 4.72. The summed E-state index contributed by atoms with van der Waals surface area (Å²) in [7, 11) is 0. The van der Waals surface area contributed by atoms with Crippen LogP contribution in [0.3, 0.4) is 0 Å². The van der Waals surface area contributed by atoms with Crippen molar-refractivity contribution in [3.8, 4) is 11.5 Å². The highest BCUT2D eigenvalue weighted by Gasteiger charge is 2.09. The molecule has 0 aliphatic rings. The number of aromatic nitrogens is 2. The van der Waals surface area contributed by atoms with Gasteiger partial charge in [0, 0.05) is 18.4 Å². The Morgan fingerprint density at radius 2 is 1.95 bits per heavy atom. The zero-order valence-corrected chi connectivity index (χ0v) is 11.9. The zero-order chi connectivity index (χ0) is 15.2. The molecule has 0 aliphatic carbocycles. The number of carbonyl (C=O) groups is 1. The first-order valence-electron chi connectivity index (χ1n) is 6.98. The number of furan rings is 1. The molecular formula is C16H15N3O3. The van der Waals surface area contributed by atoms with E-state index in [2.05, 4.69) is 15.5 Å². The third-order valence-corrected chi connectivity index (χ3v) is 3.10. The van der Waals surface area contributed by atoms with Crippen LogP contribution < -0.4 is 5.32 Å². The first-order valence-corrected chi connectivity index (χ1v) is 6.98. The third kappa shape index (κ3) is 3.60. The van der Waals surface area contributed by atoms with E-state index in [4.69, 9.17) is 8.83 Å². The number of carbonyl (C=O) groups excluding carboxylic acids is 1. The second kappa shape index (κ2) is 6.71. The predicted octanol–water partition coefficient (Wildman–Crippen LogP) is 2.58. The lowest BCUT2D eigenvalue weighted by atomic mass is 10.2. The Kier molecular flexibility index (Phi) is 4.29. The summed E-state index contributed by atoms with van der Waals surface area (Å²) in [5.74, 6) is 1.53. The standard InChI is InChI=1S/C16H15N3O3/c20-14(9-8-13-7-4-10-21-13)17-11-15-18-19-16(22-15)12-5-2-1-3-6-12/h1-7,10H,8-9,11H2,(H,17,20). The Morgan fingerprint density at radius 1 is 1.09 bits per heavy atom. The van der Waals surface area contributed by atoms with E-state index in [1.165, 1.54) is 0 Å². The Labute approximate surface area is 127 Å². The molecule has 0 unspecified atom stereocenters. The largest absolute Gasteiger partial charge is 0.469 e. The maximum absolute atomic E-state index is 11.7. The van der Waals surface area contributed by atoms with Crippen LogP contribution in [0.1, 0.15) is 18.1 Å². The summed E-state index contributed by atoms with van der Waals surface area (Å²) in [6, 6.07) is 13.1. The highest BCUT2D eigenvalue weighted by molar-refractivity contribution is 5.75. The summed E-state index contributed by atoms with van der Waals surface area (Å²) in [4.78, 5) is 11.7. The van der Waals surface area contributed by atoms with E-state index in [9.17, 15) is 4.79 Å². The van der Waals surface area contributed by atoms with Gasteiger partial charge in [-0.3, -0.25) is 4.79 Å². The molecule has 1 N–H and O–H groups in total. The summed E-state index contributed by atoms with van der Waals surface area (Å²) >= 11 is 0. The van der Waals surface area contributed by atoms with E-state index < -0.39 is 0 Å². The molecule has 0 saturated carbocycles. The smallest absolute Gasteiger partial charge is 0.247 e. The minimum Gasteiger partial charge on any atom is -0.469 e. The van der Waals surface area contributed by atoms with Gasteiger partial charge in [0.1, 0.15) is 5.76 Å². The number of rotatable bonds is 6. The highest BCUT2D eigenvalue weighted by Crippen LogP contribution is 2.16. The van der Waals surface area contributed by atoms with Gasteiger partial charge in [-0.2, -0.15) is 0 Å². The lowest BCUT2D eigenvalue weighted by molar-refractivity contribution is -0.121. The molecule has 112 valence electrons. The number of nitrogens with one attached hydrogen (secondary N) is 1. The molecule has 0 fully saturated rings. The first-order chi connectivity index (χ1) is 10.8. The van der Waals surface area contributed by atoms with Crippen molar-refractivity contribution in [3.63, 3.8) is 0 Å². The van der Waals surface area contributed by atoms with E-state index in [-0.39, 0.29) is 12.5 Å². The molecule has 3 aromatic rings. The van der Waals surface area contributed by atoms with E-state index in [1.54, 1.807) is 12.3 Å². The SMILES string of the molecule is O=C(CCc1ccco1)NCc1nnc(-c2ccccc2)o1. The molecule has 22 heavy (non-hydrogen) atoms. The summed E-state index contributed by atoms with van der Waals surface area (Å²) in [6.45, 7) is 0.219. The van der Waals surface area contributed by atoms with Crippen molar-refractivity contribution in [2.75, 3.05) is 0 Å². The Balaban J connectivity index is 1.49. The van der Waals surface area contributed by atoms with Crippen LogP contribution in [0.15, 0.2) is 57.6 Å². The van der Waals surface area contributed by atoms with Gasteiger partial charge in [0.05, 0.1) is 12.8 Å². The molecule has 6 nitrogen and oxygen atoms in total. The van der Waals surface area contributed by atoms with Crippen molar-refractivity contribution in [3.05, 3.63) is 60.4 Å². The minimum atomic E-state index is -0.0872. The predicted molar refractivity (Wildman–Crippen MR) is 78.6 cm³/mol. The molecule has 0 atom stereocenters. The molecular weight excluding hydrogens is 282 g/mol. The molecule has 2 heterocycles. The van der Waals surface area contributed by atoms with Crippen LogP contribution in [-0.2, 0) is 17.8 Å². The van der Waals surface area contributed by atoms with E-state index in [0.717, 1.165) is 11.3 Å². The fraction of sp³-hybridized carbons (Fsp3) is 0.188. The molecule has 2 aromatic heterocycles. The lowest BCUT2D eigenvalue weighted by Gasteiger charge is -2.01. The minimum absolute atomic E-state index is 0.0872. The number of aryl methyl sites for hydroxylation is 1. The van der Waals surface area contributed by atoms with Crippen LogP contribution in [0.4, 0.5) is 0 Å². The Bertz CT molecular complexity index is 720. The molecule has 0 radical (unpaired) electrons. The quantitative estimate of drug-likeness (QED) is 0.756. The molecule has 0 spiro atoms. The monoisotopic (exact) mass is 297 g/mol. The van der Waals surface area contributed by atoms with E-state index >= 15 is 0 Å². The van der Waals surface area contributed by atoms with Crippen molar-refractivity contribution < 1.29 is 13.6 Å². The van der Waals surface area contributed by atoms with Crippen molar-refractivity contribution in [1.29, 1.82) is 0 Å². The van der Waals surface area contributed by atoms with E-state index in [1.807, 2.05) is 36.4 Å². The van der Waals surface area contributed by atoms with Gasteiger partial charge in [-0.15, -0.1) is 10.2 Å². The van der Waals surface area contributed by atoms with Gasteiger partial charge in [-0.05, 0) is 24.3 Å². The van der Waals surface area contributed by atoms with Gasteiger partial charge in [0.25, 0.3) is 0 Å². The topological polar surface area (TPSA) is 81.2 Å². The van der Waals surface area contributed by atoms with Gasteiger partial charge in [-0.1, -0.05) is 18.2 Å². The molecule has 0 saturated heterocycles. The van der Waals surface area contributed by atoms with Gasteiger partial charge in [0.15, 0.2) is 0 Å². The van der Waals surface area contributed by atoms with Crippen LogP contribution >= 0.6 is 0 Å². The number of nitrogens with zero attached hydrogens (tertiary/aromatic N) is 2. The van der Waals surface area contributed by atoms with Gasteiger partial charge in [-0.25, -0.2) is 0 Å². The van der Waals surface area contributed by atoms with Crippen LogP contribution in [-0.4, -0.2) is 16.1 Å². The van der Waals surface area contributed by atoms with Crippen molar-refractivity contribution in [2.24, 2.45) is 0 Å². The van der Waals surface area contributed by atoms with Crippen LogP contribution in [0.5, 0.6) is 0 Å². The highest BCUT2D eigenvalue weighted by atomic mass is 16.4. The van der Waals surface area contributed by atoms with Crippen molar-refractivity contribution in [1.82, 2.24) is 15.5 Å². The van der Waals surface area contributed by atoms with E-state index in [0.29, 0.717) is 24.6 Å². The fourth-order valence-electron chi connectivity index (χ4n) is 1.98. The Morgan fingerprint density at radius 3 is 2.73 bits per heavy atom. The summed E-state index contributed by atoms with van der Waals surface area (Å²) in [5, 5.41) is 10.6. The maximum atomic E-state index is 11.7.